The molecule has 0 radical (unpaired) electrons. The number of hydrogen-bond acceptors (Lipinski definition) is 7. The first kappa shape index (κ1) is 15.9. The second-order valence-electron chi connectivity index (χ2n) is 4.82. The van der Waals surface area contributed by atoms with E-state index in [0.717, 1.165) is 40.3 Å². The standard InChI is InChI=1S/C15H17N5OS2/c1-3-20-15(17-18-19-20)23-10-12-9-22-14(16-12)8-11-4-6-13(21-2)7-5-11/h4-7,9H,3,8,10H2,1-2H3. The molecule has 0 aliphatic rings. The van der Waals surface area contributed by atoms with E-state index in [1.165, 1.54) is 5.56 Å². The van der Waals surface area contributed by atoms with E-state index in [1.54, 1.807) is 34.9 Å². The number of methoxy groups -OCH3 is 1. The van der Waals surface area contributed by atoms with E-state index >= 15 is 0 Å². The average molecular weight is 347 g/mol. The zero-order valence-corrected chi connectivity index (χ0v) is 14.6. The molecule has 1 aromatic carbocycles. The van der Waals surface area contributed by atoms with Gasteiger partial charge < -0.3 is 4.74 Å². The molecular formula is C15H17N5OS2. The molecule has 23 heavy (non-hydrogen) atoms. The van der Waals surface area contributed by atoms with Crippen LogP contribution in [0.5, 0.6) is 5.75 Å². The highest BCUT2D eigenvalue weighted by Gasteiger charge is 2.08. The van der Waals surface area contributed by atoms with Crippen molar-refractivity contribution < 1.29 is 4.74 Å². The van der Waals surface area contributed by atoms with Gasteiger partial charge in [-0.3, -0.25) is 0 Å². The first-order valence-corrected chi connectivity index (χ1v) is 9.10. The molecule has 0 aliphatic carbocycles. The second kappa shape index (κ2) is 7.56. The summed E-state index contributed by atoms with van der Waals surface area (Å²) in [5, 5.41) is 15.7. The van der Waals surface area contributed by atoms with Crippen LogP contribution in [0.3, 0.4) is 0 Å². The van der Waals surface area contributed by atoms with Crippen LogP contribution in [-0.2, 0) is 18.7 Å². The van der Waals surface area contributed by atoms with Gasteiger partial charge >= 0.3 is 0 Å². The third kappa shape index (κ3) is 4.08. The maximum absolute atomic E-state index is 5.18. The lowest BCUT2D eigenvalue weighted by atomic mass is 10.1. The van der Waals surface area contributed by atoms with E-state index in [9.17, 15) is 0 Å². The molecule has 6 nitrogen and oxygen atoms in total. The lowest BCUT2D eigenvalue weighted by Crippen LogP contribution is -1.99. The molecule has 8 heteroatoms. The molecule has 0 amide bonds. The van der Waals surface area contributed by atoms with Crippen LogP contribution in [0.1, 0.15) is 23.2 Å². The van der Waals surface area contributed by atoms with E-state index in [1.807, 2.05) is 19.1 Å². The van der Waals surface area contributed by atoms with E-state index in [0.29, 0.717) is 0 Å². The number of ether oxygens (including phenoxy) is 1. The summed E-state index contributed by atoms with van der Waals surface area (Å²) in [4.78, 5) is 4.69. The van der Waals surface area contributed by atoms with Crippen molar-refractivity contribution in [3.63, 3.8) is 0 Å². The van der Waals surface area contributed by atoms with Crippen LogP contribution < -0.4 is 4.74 Å². The summed E-state index contributed by atoms with van der Waals surface area (Å²) in [7, 11) is 1.68. The molecule has 0 spiro atoms. The van der Waals surface area contributed by atoms with Crippen LogP contribution in [0.15, 0.2) is 34.8 Å². The van der Waals surface area contributed by atoms with E-state index in [4.69, 9.17) is 9.72 Å². The Kier molecular flexibility index (Phi) is 5.24. The summed E-state index contributed by atoms with van der Waals surface area (Å²) in [6, 6.07) is 8.10. The molecule has 120 valence electrons. The number of aromatic nitrogens is 5. The molecule has 0 fully saturated rings. The van der Waals surface area contributed by atoms with Crippen molar-refractivity contribution in [1.82, 2.24) is 25.2 Å². The monoisotopic (exact) mass is 347 g/mol. The minimum absolute atomic E-state index is 0.773. The zero-order chi connectivity index (χ0) is 16.1. The quantitative estimate of drug-likeness (QED) is 0.612. The average Bonchev–Trinajstić information content (AvgIpc) is 3.22. The summed E-state index contributed by atoms with van der Waals surface area (Å²) < 4.78 is 6.96. The molecule has 2 aromatic heterocycles. The Hall–Kier alpha value is -1.93. The predicted molar refractivity (Wildman–Crippen MR) is 91.0 cm³/mol. The third-order valence-electron chi connectivity index (χ3n) is 3.26. The summed E-state index contributed by atoms with van der Waals surface area (Å²) in [6.45, 7) is 2.80. The van der Waals surface area contributed by atoms with Crippen molar-refractivity contribution in [2.45, 2.75) is 30.8 Å². The van der Waals surface area contributed by atoms with Crippen molar-refractivity contribution in [3.05, 3.63) is 45.9 Å². The van der Waals surface area contributed by atoms with E-state index in [-0.39, 0.29) is 0 Å². The minimum Gasteiger partial charge on any atom is -0.497 e. The van der Waals surface area contributed by atoms with Crippen molar-refractivity contribution >= 4 is 23.1 Å². The van der Waals surface area contributed by atoms with Crippen LogP contribution in [0.2, 0.25) is 0 Å². The highest BCUT2D eigenvalue weighted by molar-refractivity contribution is 7.98. The number of benzene rings is 1. The smallest absolute Gasteiger partial charge is 0.209 e. The van der Waals surface area contributed by atoms with Gasteiger partial charge in [0.15, 0.2) is 0 Å². The molecule has 0 unspecified atom stereocenters. The molecule has 2 heterocycles. The first-order chi connectivity index (χ1) is 11.3. The SMILES string of the molecule is CCn1nnnc1SCc1csc(Cc2ccc(OC)cc2)n1. The molecule has 3 rings (SSSR count). The van der Waals surface area contributed by atoms with Gasteiger partial charge in [-0.05, 0) is 35.0 Å². The molecule has 3 aromatic rings. The van der Waals surface area contributed by atoms with Crippen LogP contribution >= 0.6 is 23.1 Å². The first-order valence-electron chi connectivity index (χ1n) is 7.23. The van der Waals surface area contributed by atoms with Gasteiger partial charge in [-0.25, -0.2) is 9.67 Å². The summed E-state index contributed by atoms with van der Waals surface area (Å²) >= 11 is 3.30. The molecular weight excluding hydrogens is 330 g/mol. The summed E-state index contributed by atoms with van der Waals surface area (Å²) in [5.74, 6) is 1.65. The van der Waals surface area contributed by atoms with Gasteiger partial charge in [0.25, 0.3) is 0 Å². The largest absolute Gasteiger partial charge is 0.497 e. The lowest BCUT2D eigenvalue weighted by Gasteiger charge is -2.01. The maximum atomic E-state index is 5.18. The lowest BCUT2D eigenvalue weighted by molar-refractivity contribution is 0.414. The normalized spacial score (nSPS) is 10.9. The van der Waals surface area contributed by atoms with Crippen LogP contribution in [-0.4, -0.2) is 32.3 Å². The van der Waals surface area contributed by atoms with Crippen LogP contribution in [0, 0.1) is 0 Å². The number of aryl methyl sites for hydroxylation is 1. The number of thioether (sulfide) groups is 1. The predicted octanol–water partition coefficient (Wildman–Crippen LogP) is 3.04. The summed E-state index contributed by atoms with van der Waals surface area (Å²) in [5.41, 5.74) is 2.29. The zero-order valence-electron chi connectivity index (χ0n) is 13.0. The fourth-order valence-electron chi connectivity index (χ4n) is 2.05. The van der Waals surface area contributed by atoms with E-state index in [2.05, 4.69) is 33.0 Å². The fraction of sp³-hybridized carbons (Fsp3) is 0.333. The number of hydrogen-bond donors (Lipinski definition) is 0. The fourth-order valence-corrected chi connectivity index (χ4v) is 3.82. The Morgan fingerprint density at radius 3 is 2.83 bits per heavy atom. The second-order valence-corrected chi connectivity index (χ2v) is 6.71. The molecule has 0 atom stereocenters. The van der Waals surface area contributed by atoms with Crippen LogP contribution in [0.4, 0.5) is 0 Å². The Balaban J connectivity index is 1.59. The van der Waals surface area contributed by atoms with Crippen molar-refractivity contribution in [2.75, 3.05) is 7.11 Å². The summed E-state index contributed by atoms with van der Waals surface area (Å²) in [6.07, 6.45) is 0.839. The Morgan fingerprint density at radius 2 is 2.09 bits per heavy atom. The van der Waals surface area contributed by atoms with Gasteiger partial charge in [-0.1, -0.05) is 23.9 Å². The highest BCUT2D eigenvalue weighted by Crippen LogP contribution is 2.23. The topological polar surface area (TPSA) is 65.7 Å². The third-order valence-corrected chi connectivity index (χ3v) is 5.15. The van der Waals surface area contributed by atoms with Gasteiger partial charge in [0.05, 0.1) is 17.8 Å². The van der Waals surface area contributed by atoms with Crippen molar-refractivity contribution in [1.29, 1.82) is 0 Å². The van der Waals surface area contributed by atoms with Crippen molar-refractivity contribution in [3.8, 4) is 5.75 Å². The van der Waals surface area contributed by atoms with Gasteiger partial charge in [0.2, 0.25) is 5.16 Å². The minimum atomic E-state index is 0.773. The maximum Gasteiger partial charge on any atom is 0.209 e. The van der Waals surface area contributed by atoms with Crippen LogP contribution in [0.25, 0.3) is 0 Å². The molecule has 0 saturated heterocycles. The number of thiazole rings is 1. The molecule has 0 aliphatic heterocycles. The van der Waals surface area contributed by atoms with Gasteiger partial charge in [0.1, 0.15) is 5.75 Å². The Morgan fingerprint density at radius 1 is 1.26 bits per heavy atom. The number of nitrogens with zero attached hydrogens (tertiary/aromatic N) is 5. The molecule has 0 N–H and O–H groups in total. The molecule has 0 bridgehead atoms. The van der Waals surface area contributed by atoms with Gasteiger partial charge in [-0.2, -0.15) is 0 Å². The van der Waals surface area contributed by atoms with Gasteiger partial charge in [0, 0.05) is 24.1 Å². The molecule has 0 saturated carbocycles. The Labute approximate surface area is 142 Å². The number of rotatable bonds is 7. The van der Waals surface area contributed by atoms with E-state index < -0.39 is 0 Å². The van der Waals surface area contributed by atoms with Gasteiger partial charge in [-0.15, -0.1) is 16.4 Å². The Bertz CT molecular complexity index is 753. The van der Waals surface area contributed by atoms with Crippen molar-refractivity contribution in [2.24, 2.45) is 0 Å². The number of tetrazole rings is 1. The highest BCUT2D eigenvalue weighted by atomic mass is 32.2.